The van der Waals surface area contributed by atoms with Crippen LogP contribution in [0.5, 0.6) is 0 Å². The highest BCUT2D eigenvalue weighted by molar-refractivity contribution is 9.10. The molecule has 0 fully saturated rings. The van der Waals surface area contributed by atoms with Crippen molar-refractivity contribution in [1.29, 1.82) is 0 Å². The summed E-state index contributed by atoms with van der Waals surface area (Å²) in [5.41, 5.74) is 0.988. The molecule has 17 heavy (non-hydrogen) atoms. The van der Waals surface area contributed by atoms with Gasteiger partial charge >= 0.3 is 5.97 Å². The van der Waals surface area contributed by atoms with Crippen LogP contribution in [0.25, 0.3) is 0 Å². The maximum Gasteiger partial charge on any atom is 0.306 e. The predicted molar refractivity (Wildman–Crippen MR) is 72.1 cm³/mol. The molecule has 1 aromatic carbocycles. The topological polar surface area (TPSA) is 43.4 Å². The lowest BCUT2D eigenvalue weighted by molar-refractivity contribution is -0.140. The molecule has 0 heterocycles. The molecule has 0 aromatic heterocycles. The normalized spacial score (nSPS) is 14.1. The second kappa shape index (κ2) is 6.91. The van der Waals surface area contributed by atoms with Crippen LogP contribution < -0.4 is 0 Å². The highest BCUT2D eigenvalue weighted by Crippen LogP contribution is 2.19. The quantitative estimate of drug-likeness (QED) is 0.784. The van der Waals surface area contributed by atoms with Gasteiger partial charge in [0.1, 0.15) is 0 Å². The van der Waals surface area contributed by atoms with Crippen molar-refractivity contribution in [2.75, 3.05) is 7.11 Å². The summed E-state index contributed by atoms with van der Waals surface area (Å²) in [4.78, 5) is 11.1. The Bertz CT molecular complexity index is 420. The van der Waals surface area contributed by atoms with Crippen LogP contribution in [-0.2, 0) is 26.1 Å². The second-order valence-corrected chi connectivity index (χ2v) is 6.42. The van der Waals surface area contributed by atoms with Crippen molar-refractivity contribution < 1.29 is 13.7 Å². The molecular weight excluding hydrogens is 304 g/mol. The number of carbonyl (C=O) groups is 1. The van der Waals surface area contributed by atoms with Gasteiger partial charge in [-0.15, -0.1) is 0 Å². The van der Waals surface area contributed by atoms with Crippen LogP contribution in [0.2, 0.25) is 0 Å². The first-order chi connectivity index (χ1) is 8.04. The van der Waals surface area contributed by atoms with Gasteiger partial charge < -0.3 is 4.74 Å². The number of esters is 1. The van der Waals surface area contributed by atoms with E-state index in [-0.39, 0.29) is 17.6 Å². The summed E-state index contributed by atoms with van der Waals surface area (Å²) in [6.45, 7) is 1.80. The molecule has 0 radical (unpaired) electrons. The van der Waals surface area contributed by atoms with E-state index in [1.54, 1.807) is 6.92 Å². The van der Waals surface area contributed by atoms with Crippen molar-refractivity contribution in [2.45, 2.75) is 24.3 Å². The van der Waals surface area contributed by atoms with E-state index in [1.165, 1.54) is 7.11 Å². The lowest BCUT2D eigenvalue weighted by atomic mass is 10.2. The third-order valence-corrected chi connectivity index (χ3v) is 4.82. The zero-order valence-electron chi connectivity index (χ0n) is 9.81. The summed E-state index contributed by atoms with van der Waals surface area (Å²) < 4.78 is 17.5. The van der Waals surface area contributed by atoms with Gasteiger partial charge in [-0.2, -0.15) is 0 Å². The first-order valence-corrected chi connectivity index (χ1v) is 7.39. The minimum Gasteiger partial charge on any atom is -0.469 e. The number of halogens is 1. The van der Waals surface area contributed by atoms with Crippen molar-refractivity contribution in [1.82, 2.24) is 0 Å². The smallest absolute Gasteiger partial charge is 0.306 e. The predicted octanol–water partition coefficient (Wildman–Crippen LogP) is 2.65. The number of hydrogen-bond donors (Lipinski definition) is 0. The molecule has 1 rings (SSSR count). The molecule has 0 aliphatic carbocycles. The molecule has 2 unspecified atom stereocenters. The molecule has 0 spiro atoms. The second-order valence-electron chi connectivity index (χ2n) is 3.71. The largest absolute Gasteiger partial charge is 0.469 e. The van der Waals surface area contributed by atoms with Crippen LogP contribution in [0.15, 0.2) is 28.7 Å². The molecule has 3 nitrogen and oxygen atoms in total. The minimum absolute atomic E-state index is 0.188. The first kappa shape index (κ1) is 14.4. The van der Waals surface area contributed by atoms with Gasteiger partial charge in [0.2, 0.25) is 0 Å². The van der Waals surface area contributed by atoms with Crippen molar-refractivity contribution in [3.63, 3.8) is 0 Å². The van der Waals surface area contributed by atoms with Crippen LogP contribution in [0.4, 0.5) is 0 Å². The Morgan fingerprint density at radius 3 is 2.71 bits per heavy atom. The van der Waals surface area contributed by atoms with E-state index in [9.17, 15) is 9.00 Å². The molecule has 0 saturated heterocycles. The van der Waals surface area contributed by atoms with Crippen LogP contribution in [0.1, 0.15) is 18.9 Å². The maximum absolute atomic E-state index is 12.0. The van der Waals surface area contributed by atoms with Gasteiger partial charge in [-0.1, -0.05) is 41.1 Å². The lowest BCUT2D eigenvalue weighted by Gasteiger charge is -2.10. The summed E-state index contributed by atoms with van der Waals surface area (Å²) in [7, 11) is 0.260. The highest BCUT2D eigenvalue weighted by atomic mass is 79.9. The molecular formula is C12H15BrO3S. The molecule has 0 saturated carbocycles. The van der Waals surface area contributed by atoms with E-state index in [0.717, 1.165) is 10.0 Å². The summed E-state index contributed by atoms with van der Waals surface area (Å²) in [6, 6.07) is 7.65. The Hall–Kier alpha value is -0.680. The number of hydrogen-bond acceptors (Lipinski definition) is 3. The third kappa shape index (κ3) is 4.60. The first-order valence-electron chi connectivity index (χ1n) is 5.22. The number of benzene rings is 1. The van der Waals surface area contributed by atoms with E-state index >= 15 is 0 Å². The summed E-state index contributed by atoms with van der Waals surface area (Å²) in [5, 5.41) is -0.199. The van der Waals surface area contributed by atoms with Crippen molar-refractivity contribution in [3.05, 3.63) is 34.3 Å². The van der Waals surface area contributed by atoms with Crippen LogP contribution in [-0.4, -0.2) is 22.5 Å². The Morgan fingerprint density at radius 1 is 1.47 bits per heavy atom. The Kier molecular flexibility index (Phi) is 5.85. The molecule has 2 atom stereocenters. The monoisotopic (exact) mass is 318 g/mol. The van der Waals surface area contributed by atoms with E-state index in [0.29, 0.717) is 5.75 Å². The van der Waals surface area contributed by atoms with Gasteiger partial charge in [-0.25, -0.2) is 0 Å². The van der Waals surface area contributed by atoms with Crippen molar-refractivity contribution in [2.24, 2.45) is 0 Å². The summed E-state index contributed by atoms with van der Waals surface area (Å²) in [6.07, 6.45) is 0.188. The Balaban J connectivity index is 2.60. The number of ether oxygens (including phenoxy) is 1. The molecule has 94 valence electrons. The standard InChI is InChI=1S/C12H15BrO3S/c1-9(7-12(14)16-2)17(15)8-10-5-3-4-6-11(10)13/h3-6,9H,7-8H2,1-2H3. The van der Waals surface area contributed by atoms with E-state index in [2.05, 4.69) is 20.7 Å². The zero-order valence-corrected chi connectivity index (χ0v) is 12.2. The molecule has 0 aliphatic rings. The number of methoxy groups -OCH3 is 1. The Labute approximate surface area is 112 Å². The third-order valence-electron chi connectivity index (χ3n) is 2.39. The molecule has 1 aromatic rings. The van der Waals surface area contributed by atoms with Gasteiger partial charge in [-0.05, 0) is 11.6 Å². The van der Waals surface area contributed by atoms with Crippen LogP contribution >= 0.6 is 15.9 Å². The van der Waals surface area contributed by atoms with Gasteiger partial charge in [0.25, 0.3) is 0 Å². The van der Waals surface area contributed by atoms with Crippen molar-refractivity contribution >= 4 is 32.7 Å². The SMILES string of the molecule is COC(=O)CC(C)S(=O)Cc1ccccc1Br. The lowest BCUT2D eigenvalue weighted by Crippen LogP contribution is -2.18. The molecule has 0 amide bonds. The molecule has 0 N–H and O–H groups in total. The Morgan fingerprint density at radius 2 is 2.12 bits per heavy atom. The van der Waals surface area contributed by atoms with E-state index in [4.69, 9.17) is 0 Å². The van der Waals surface area contributed by atoms with Gasteiger partial charge in [0, 0.05) is 26.3 Å². The minimum atomic E-state index is -1.08. The fraction of sp³-hybridized carbons (Fsp3) is 0.417. The van der Waals surface area contributed by atoms with Gasteiger partial charge in [-0.3, -0.25) is 9.00 Å². The fourth-order valence-electron chi connectivity index (χ4n) is 1.32. The van der Waals surface area contributed by atoms with Crippen LogP contribution in [0.3, 0.4) is 0 Å². The highest BCUT2D eigenvalue weighted by Gasteiger charge is 2.16. The van der Waals surface area contributed by atoms with Crippen molar-refractivity contribution in [3.8, 4) is 0 Å². The van der Waals surface area contributed by atoms with Gasteiger partial charge in [0.15, 0.2) is 0 Å². The maximum atomic E-state index is 12.0. The fourth-order valence-corrected chi connectivity index (χ4v) is 3.10. The van der Waals surface area contributed by atoms with Gasteiger partial charge in [0.05, 0.1) is 13.5 Å². The van der Waals surface area contributed by atoms with E-state index in [1.807, 2.05) is 24.3 Å². The van der Waals surface area contributed by atoms with E-state index < -0.39 is 10.8 Å². The average molecular weight is 319 g/mol. The zero-order chi connectivity index (χ0) is 12.8. The molecule has 0 aliphatic heterocycles. The summed E-state index contributed by atoms with van der Waals surface area (Å²) in [5.74, 6) is 0.123. The number of carbonyl (C=O) groups excluding carboxylic acids is 1. The van der Waals surface area contributed by atoms with Crippen LogP contribution in [0, 0.1) is 0 Å². The average Bonchev–Trinajstić information content (AvgIpc) is 2.31. The number of rotatable bonds is 5. The molecule has 0 bridgehead atoms. The summed E-state index contributed by atoms with van der Waals surface area (Å²) >= 11 is 3.41. The molecule has 5 heteroatoms.